The molecule has 0 radical (unpaired) electrons. The van der Waals surface area contributed by atoms with Gasteiger partial charge in [-0.3, -0.25) is 4.79 Å². The molecule has 6 nitrogen and oxygen atoms in total. The van der Waals surface area contributed by atoms with Crippen LogP contribution < -0.4 is 10.6 Å². The van der Waals surface area contributed by atoms with E-state index in [0.717, 1.165) is 35.9 Å². The van der Waals surface area contributed by atoms with E-state index in [4.69, 9.17) is 4.74 Å². The number of hydrogen-bond donors (Lipinski definition) is 2. The van der Waals surface area contributed by atoms with Crippen molar-refractivity contribution in [1.29, 1.82) is 0 Å². The Hall–Kier alpha value is -3.90. The van der Waals surface area contributed by atoms with E-state index < -0.39 is 0 Å². The highest BCUT2D eigenvalue weighted by Crippen LogP contribution is 2.36. The van der Waals surface area contributed by atoms with Crippen molar-refractivity contribution in [2.24, 2.45) is 0 Å². The zero-order valence-corrected chi connectivity index (χ0v) is 22.7. The molecule has 0 aliphatic heterocycles. The van der Waals surface area contributed by atoms with Gasteiger partial charge in [0.2, 0.25) is 0 Å². The molecule has 0 fully saturated rings. The van der Waals surface area contributed by atoms with E-state index in [1.54, 1.807) is 0 Å². The third kappa shape index (κ3) is 5.97. The van der Waals surface area contributed by atoms with Crippen LogP contribution >= 0.6 is 0 Å². The average molecular weight is 512 g/mol. The standard InChI is InChI=1S/C32H37N3O3/c1-22(2)23-12-14-25(15-13-23)31(36)34-18-8-9-19-35-28-20-26(32(37)38-4)16-17-27(28)30(29(35)21-33-3)24-10-6-5-7-11-24/h5-7,10-17,20,22,33H,8-9,18-19,21H2,1-4H3,(H,34,36). The van der Waals surface area contributed by atoms with Crippen molar-refractivity contribution in [2.45, 2.75) is 45.7 Å². The topological polar surface area (TPSA) is 72.4 Å². The lowest BCUT2D eigenvalue weighted by molar-refractivity contribution is 0.0600. The van der Waals surface area contributed by atoms with Gasteiger partial charge in [-0.1, -0.05) is 62.4 Å². The van der Waals surface area contributed by atoms with Crippen LogP contribution in [0.15, 0.2) is 72.8 Å². The van der Waals surface area contributed by atoms with Crippen molar-refractivity contribution >= 4 is 22.8 Å². The molecule has 0 aliphatic rings. The first-order chi connectivity index (χ1) is 18.4. The maximum atomic E-state index is 12.6. The van der Waals surface area contributed by atoms with E-state index in [2.05, 4.69) is 41.2 Å². The van der Waals surface area contributed by atoms with Gasteiger partial charge in [-0.2, -0.15) is 0 Å². The third-order valence-electron chi connectivity index (χ3n) is 6.93. The van der Waals surface area contributed by atoms with Crippen LogP contribution in [0.1, 0.15) is 64.6 Å². The number of amides is 1. The molecule has 0 aliphatic carbocycles. The number of benzene rings is 3. The highest BCUT2D eigenvalue weighted by molar-refractivity contribution is 6.02. The predicted molar refractivity (Wildman–Crippen MR) is 154 cm³/mol. The SMILES string of the molecule is CNCc1c(-c2ccccc2)c2ccc(C(=O)OC)cc2n1CCCCNC(=O)c1ccc(C(C)C)cc1. The molecule has 0 atom stereocenters. The van der Waals surface area contributed by atoms with Crippen molar-refractivity contribution in [1.82, 2.24) is 15.2 Å². The first kappa shape index (κ1) is 27.1. The molecule has 38 heavy (non-hydrogen) atoms. The van der Waals surface area contributed by atoms with Crippen LogP contribution in [0.2, 0.25) is 0 Å². The zero-order chi connectivity index (χ0) is 27.1. The van der Waals surface area contributed by atoms with E-state index in [-0.39, 0.29) is 11.9 Å². The van der Waals surface area contributed by atoms with Crippen LogP contribution in [0.25, 0.3) is 22.0 Å². The summed E-state index contributed by atoms with van der Waals surface area (Å²) in [5.74, 6) is 0.0488. The molecule has 0 saturated carbocycles. The summed E-state index contributed by atoms with van der Waals surface area (Å²) in [6, 6.07) is 24.0. The monoisotopic (exact) mass is 511 g/mol. The van der Waals surface area contributed by atoms with Crippen molar-refractivity contribution < 1.29 is 14.3 Å². The summed E-state index contributed by atoms with van der Waals surface area (Å²) in [4.78, 5) is 24.9. The number of ether oxygens (including phenoxy) is 1. The number of methoxy groups -OCH3 is 1. The highest BCUT2D eigenvalue weighted by Gasteiger charge is 2.20. The number of hydrogen-bond acceptors (Lipinski definition) is 4. The predicted octanol–water partition coefficient (Wildman–Crippen LogP) is 6.15. The second kappa shape index (κ2) is 12.6. The molecule has 2 N–H and O–H groups in total. The van der Waals surface area contributed by atoms with Crippen molar-refractivity contribution in [3.05, 3.63) is 95.2 Å². The summed E-state index contributed by atoms with van der Waals surface area (Å²) in [5, 5.41) is 7.48. The van der Waals surface area contributed by atoms with Gasteiger partial charge in [-0.15, -0.1) is 0 Å². The van der Waals surface area contributed by atoms with Gasteiger partial charge >= 0.3 is 5.97 Å². The van der Waals surface area contributed by atoms with Crippen LogP contribution in [0.5, 0.6) is 0 Å². The smallest absolute Gasteiger partial charge is 0.337 e. The van der Waals surface area contributed by atoms with Gasteiger partial charge < -0.3 is 19.9 Å². The largest absolute Gasteiger partial charge is 0.465 e. The zero-order valence-electron chi connectivity index (χ0n) is 22.7. The first-order valence-electron chi connectivity index (χ1n) is 13.3. The number of unbranched alkanes of at least 4 members (excludes halogenated alkanes) is 1. The molecular weight excluding hydrogens is 474 g/mol. The molecule has 4 aromatic rings. The molecule has 0 unspecified atom stereocenters. The second-order valence-corrected chi connectivity index (χ2v) is 9.83. The lowest BCUT2D eigenvalue weighted by atomic mass is 10.0. The quantitative estimate of drug-likeness (QED) is 0.187. The van der Waals surface area contributed by atoms with Gasteiger partial charge in [-0.25, -0.2) is 4.79 Å². The Labute approximate surface area is 225 Å². The second-order valence-electron chi connectivity index (χ2n) is 9.83. The Morgan fingerprint density at radius 2 is 1.63 bits per heavy atom. The molecule has 1 amide bonds. The summed E-state index contributed by atoms with van der Waals surface area (Å²) in [6.45, 7) is 6.35. The summed E-state index contributed by atoms with van der Waals surface area (Å²) in [6.07, 6.45) is 1.72. The average Bonchev–Trinajstić information content (AvgIpc) is 3.25. The Bertz CT molecular complexity index is 1390. The normalized spacial score (nSPS) is 11.2. The number of carbonyl (C=O) groups is 2. The fourth-order valence-corrected chi connectivity index (χ4v) is 4.90. The third-order valence-corrected chi connectivity index (χ3v) is 6.93. The number of rotatable bonds is 11. The molecule has 0 spiro atoms. The van der Waals surface area contributed by atoms with Crippen LogP contribution in [-0.4, -0.2) is 37.1 Å². The van der Waals surface area contributed by atoms with Gasteiger partial charge in [0.15, 0.2) is 0 Å². The van der Waals surface area contributed by atoms with Crippen LogP contribution in [-0.2, 0) is 17.8 Å². The molecule has 198 valence electrons. The Balaban J connectivity index is 1.53. The number of esters is 1. The Kier molecular flexibility index (Phi) is 8.98. The van der Waals surface area contributed by atoms with E-state index in [0.29, 0.717) is 30.1 Å². The van der Waals surface area contributed by atoms with Gasteiger partial charge in [0.1, 0.15) is 0 Å². The van der Waals surface area contributed by atoms with Gasteiger partial charge in [0.05, 0.1) is 12.7 Å². The van der Waals surface area contributed by atoms with E-state index in [1.807, 2.05) is 67.7 Å². The van der Waals surface area contributed by atoms with Gasteiger partial charge in [0, 0.05) is 47.4 Å². The fourth-order valence-electron chi connectivity index (χ4n) is 4.90. The molecule has 1 heterocycles. The molecule has 6 heteroatoms. The summed E-state index contributed by atoms with van der Waals surface area (Å²) in [5.41, 5.74) is 6.93. The summed E-state index contributed by atoms with van der Waals surface area (Å²) < 4.78 is 7.28. The fraction of sp³-hybridized carbons (Fsp3) is 0.312. The minimum atomic E-state index is -0.347. The highest BCUT2D eigenvalue weighted by atomic mass is 16.5. The lowest BCUT2D eigenvalue weighted by Crippen LogP contribution is -2.24. The van der Waals surface area contributed by atoms with Crippen LogP contribution in [0, 0.1) is 0 Å². The van der Waals surface area contributed by atoms with Crippen LogP contribution in [0.4, 0.5) is 0 Å². The Morgan fingerprint density at radius 3 is 2.29 bits per heavy atom. The number of aryl methyl sites for hydroxylation is 1. The number of nitrogens with one attached hydrogen (secondary N) is 2. The Morgan fingerprint density at radius 1 is 0.921 bits per heavy atom. The number of carbonyl (C=O) groups excluding carboxylic acids is 2. The maximum absolute atomic E-state index is 12.6. The van der Waals surface area contributed by atoms with E-state index >= 15 is 0 Å². The number of fused-ring (bicyclic) bond motifs is 1. The van der Waals surface area contributed by atoms with Crippen molar-refractivity contribution in [3.63, 3.8) is 0 Å². The number of aromatic nitrogens is 1. The molecule has 0 bridgehead atoms. The molecule has 3 aromatic carbocycles. The minimum absolute atomic E-state index is 0.0447. The van der Waals surface area contributed by atoms with Crippen molar-refractivity contribution in [3.8, 4) is 11.1 Å². The van der Waals surface area contributed by atoms with Crippen molar-refractivity contribution in [2.75, 3.05) is 20.7 Å². The van der Waals surface area contributed by atoms with E-state index in [1.165, 1.54) is 23.9 Å². The molecule has 1 aromatic heterocycles. The first-order valence-corrected chi connectivity index (χ1v) is 13.3. The van der Waals surface area contributed by atoms with Gasteiger partial charge in [-0.05, 0) is 61.2 Å². The summed E-state index contributed by atoms with van der Waals surface area (Å²) >= 11 is 0. The molecule has 0 saturated heterocycles. The van der Waals surface area contributed by atoms with Crippen LogP contribution in [0.3, 0.4) is 0 Å². The number of nitrogens with zero attached hydrogens (tertiary/aromatic N) is 1. The maximum Gasteiger partial charge on any atom is 0.337 e. The van der Waals surface area contributed by atoms with E-state index in [9.17, 15) is 9.59 Å². The molecule has 4 rings (SSSR count). The minimum Gasteiger partial charge on any atom is -0.465 e. The molecular formula is C32H37N3O3. The summed E-state index contributed by atoms with van der Waals surface area (Å²) in [7, 11) is 3.35. The van der Waals surface area contributed by atoms with Gasteiger partial charge in [0.25, 0.3) is 5.91 Å². The lowest BCUT2D eigenvalue weighted by Gasteiger charge is -2.13.